The van der Waals surface area contributed by atoms with Crippen molar-refractivity contribution in [3.63, 3.8) is 0 Å². The number of hydrogen-bond donors (Lipinski definition) is 0. The highest BCUT2D eigenvalue weighted by atomic mass is 35.5. The van der Waals surface area contributed by atoms with E-state index in [2.05, 4.69) is 31.2 Å². The van der Waals surface area contributed by atoms with Gasteiger partial charge in [-0.15, -0.1) is 11.6 Å². The zero-order chi connectivity index (χ0) is 14.4. The first kappa shape index (κ1) is 14.9. The van der Waals surface area contributed by atoms with E-state index >= 15 is 0 Å². The Labute approximate surface area is 125 Å². The van der Waals surface area contributed by atoms with Crippen molar-refractivity contribution in [1.82, 2.24) is 4.90 Å². The van der Waals surface area contributed by atoms with Crippen molar-refractivity contribution in [2.75, 3.05) is 19.0 Å². The van der Waals surface area contributed by atoms with Crippen molar-refractivity contribution < 1.29 is 4.79 Å². The van der Waals surface area contributed by atoms with Crippen LogP contribution in [0.4, 0.5) is 0 Å². The molecule has 0 aliphatic rings. The van der Waals surface area contributed by atoms with Crippen LogP contribution in [0, 0.1) is 0 Å². The number of alkyl halides is 1. The molecule has 0 aliphatic heterocycles. The predicted molar refractivity (Wildman–Crippen MR) is 85.2 cm³/mol. The van der Waals surface area contributed by atoms with Crippen LogP contribution in [0.15, 0.2) is 42.5 Å². The topological polar surface area (TPSA) is 20.3 Å². The van der Waals surface area contributed by atoms with E-state index in [0.717, 1.165) is 18.5 Å². The van der Waals surface area contributed by atoms with E-state index in [-0.39, 0.29) is 5.91 Å². The monoisotopic (exact) mass is 289 g/mol. The zero-order valence-corrected chi connectivity index (χ0v) is 12.6. The van der Waals surface area contributed by atoms with Crippen molar-refractivity contribution in [2.45, 2.75) is 19.8 Å². The molecule has 0 unspecified atom stereocenters. The molecule has 20 heavy (non-hydrogen) atoms. The fourth-order valence-electron chi connectivity index (χ4n) is 2.37. The highest BCUT2D eigenvalue weighted by Gasteiger charge is 2.12. The molecule has 0 aliphatic carbocycles. The third kappa shape index (κ3) is 3.73. The number of carbonyl (C=O) groups excluding carboxylic acids is 1. The molecule has 3 heteroatoms. The maximum Gasteiger partial charge on any atom is 0.227 e. The third-order valence-electron chi connectivity index (χ3n) is 3.37. The number of hydrogen-bond acceptors (Lipinski definition) is 1. The molecule has 106 valence electrons. The average Bonchev–Trinajstić information content (AvgIpc) is 2.47. The van der Waals surface area contributed by atoms with Crippen LogP contribution in [0.25, 0.3) is 10.8 Å². The summed E-state index contributed by atoms with van der Waals surface area (Å²) < 4.78 is 0. The van der Waals surface area contributed by atoms with Gasteiger partial charge >= 0.3 is 0 Å². The molecule has 0 fully saturated rings. The average molecular weight is 290 g/mol. The van der Waals surface area contributed by atoms with Gasteiger partial charge in [0.2, 0.25) is 5.91 Å². The van der Waals surface area contributed by atoms with Crippen LogP contribution < -0.4 is 0 Å². The molecule has 0 heterocycles. The highest BCUT2D eigenvalue weighted by molar-refractivity contribution is 6.18. The Balaban J connectivity index is 2.11. The standard InChI is InChI=1S/C17H20ClNO/c1-2-10-19(11-9-18)17(20)13-14-7-8-15-5-3-4-6-16(15)12-14/h3-8,12H,2,9-11,13H2,1H3. The SMILES string of the molecule is CCCN(CCCl)C(=O)Cc1ccc2ccccc2c1. The van der Waals surface area contributed by atoms with Gasteiger partial charge in [-0.2, -0.15) is 0 Å². The Bertz CT molecular complexity index is 576. The summed E-state index contributed by atoms with van der Waals surface area (Å²) in [5, 5.41) is 2.38. The van der Waals surface area contributed by atoms with E-state index in [1.54, 1.807) is 0 Å². The van der Waals surface area contributed by atoms with Gasteiger partial charge in [0, 0.05) is 19.0 Å². The molecule has 2 nitrogen and oxygen atoms in total. The highest BCUT2D eigenvalue weighted by Crippen LogP contribution is 2.16. The first-order chi connectivity index (χ1) is 9.74. The lowest BCUT2D eigenvalue weighted by Crippen LogP contribution is -2.34. The van der Waals surface area contributed by atoms with Gasteiger partial charge in [-0.25, -0.2) is 0 Å². The minimum absolute atomic E-state index is 0.155. The van der Waals surface area contributed by atoms with Crippen LogP contribution >= 0.6 is 11.6 Å². The van der Waals surface area contributed by atoms with E-state index in [4.69, 9.17) is 11.6 Å². The van der Waals surface area contributed by atoms with Crippen molar-refractivity contribution >= 4 is 28.3 Å². The molecule has 0 aromatic heterocycles. The second-order valence-corrected chi connectivity index (χ2v) is 5.31. The zero-order valence-electron chi connectivity index (χ0n) is 11.8. The van der Waals surface area contributed by atoms with Gasteiger partial charge in [-0.3, -0.25) is 4.79 Å². The second kappa shape index (κ2) is 7.30. The molecule has 0 atom stereocenters. The van der Waals surface area contributed by atoms with Gasteiger partial charge in [-0.05, 0) is 22.8 Å². The van der Waals surface area contributed by atoms with Gasteiger partial charge in [0.05, 0.1) is 6.42 Å². The van der Waals surface area contributed by atoms with Crippen LogP contribution in [-0.2, 0) is 11.2 Å². The van der Waals surface area contributed by atoms with Crippen molar-refractivity contribution in [1.29, 1.82) is 0 Å². The lowest BCUT2D eigenvalue weighted by molar-refractivity contribution is -0.130. The van der Waals surface area contributed by atoms with E-state index in [9.17, 15) is 4.79 Å². The lowest BCUT2D eigenvalue weighted by Gasteiger charge is -2.21. The summed E-state index contributed by atoms with van der Waals surface area (Å²) in [6.45, 7) is 3.48. The number of rotatable bonds is 6. The molecule has 0 N–H and O–H groups in total. The van der Waals surface area contributed by atoms with Gasteiger partial charge in [0.1, 0.15) is 0 Å². The summed E-state index contributed by atoms with van der Waals surface area (Å²) in [4.78, 5) is 14.1. The minimum Gasteiger partial charge on any atom is -0.341 e. The Kier molecular flexibility index (Phi) is 5.42. The van der Waals surface area contributed by atoms with Crippen molar-refractivity contribution in [3.8, 4) is 0 Å². The third-order valence-corrected chi connectivity index (χ3v) is 3.54. The quantitative estimate of drug-likeness (QED) is 0.740. The number of benzene rings is 2. The molecular weight excluding hydrogens is 270 g/mol. The molecule has 1 amide bonds. The van der Waals surface area contributed by atoms with Crippen LogP contribution in [-0.4, -0.2) is 29.8 Å². The minimum atomic E-state index is 0.155. The van der Waals surface area contributed by atoms with Crippen LogP contribution in [0.1, 0.15) is 18.9 Å². The summed E-state index contributed by atoms with van der Waals surface area (Å²) in [5.74, 6) is 0.645. The molecule has 0 saturated carbocycles. The smallest absolute Gasteiger partial charge is 0.227 e. The van der Waals surface area contributed by atoms with Crippen molar-refractivity contribution in [3.05, 3.63) is 48.0 Å². The van der Waals surface area contributed by atoms with Crippen LogP contribution in [0.5, 0.6) is 0 Å². The first-order valence-electron chi connectivity index (χ1n) is 7.06. The largest absolute Gasteiger partial charge is 0.341 e. The fraction of sp³-hybridized carbons (Fsp3) is 0.353. The summed E-state index contributed by atoms with van der Waals surface area (Å²) in [7, 11) is 0. The Hall–Kier alpha value is -1.54. The van der Waals surface area contributed by atoms with Gasteiger partial charge in [0.15, 0.2) is 0 Å². The summed E-state index contributed by atoms with van der Waals surface area (Å²) in [6.07, 6.45) is 1.40. The maximum atomic E-state index is 12.3. The van der Waals surface area contributed by atoms with E-state index in [1.165, 1.54) is 10.8 Å². The van der Waals surface area contributed by atoms with Gasteiger partial charge in [-0.1, -0.05) is 49.4 Å². The Morgan fingerprint density at radius 1 is 1.10 bits per heavy atom. The normalized spacial score (nSPS) is 10.7. The molecule has 2 aromatic carbocycles. The molecule has 0 bridgehead atoms. The maximum absolute atomic E-state index is 12.3. The second-order valence-electron chi connectivity index (χ2n) is 4.93. The number of fused-ring (bicyclic) bond motifs is 1. The summed E-state index contributed by atoms with van der Waals surface area (Å²) in [6, 6.07) is 14.4. The molecule has 0 saturated heterocycles. The van der Waals surface area contributed by atoms with E-state index < -0.39 is 0 Å². The molecule has 2 aromatic rings. The number of carbonyl (C=O) groups is 1. The predicted octanol–water partition coefficient (Wildman–Crippen LogP) is 3.86. The number of amides is 1. The Morgan fingerprint density at radius 3 is 2.55 bits per heavy atom. The summed E-state index contributed by atoms with van der Waals surface area (Å²) >= 11 is 5.76. The number of nitrogens with zero attached hydrogens (tertiary/aromatic N) is 1. The van der Waals surface area contributed by atoms with Gasteiger partial charge < -0.3 is 4.90 Å². The molecule has 0 spiro atoms. The van der Waals surface area contributed by atoms with Gasteiger partial charge in [0.25, 0.3) is 0 Å². The fourth-order valence-corrected chi connectivity index (χ4v) is 2.57. The molecule has 2 rings (SSSR count). The number of halogens is 1. The van der Waals surface area contributed by atoms with Crippen molar-refractivity contribution in [2.24, 2.45) is 0 Å². The van der Waals surface area contributed by atoms with Crippen LogP contribution in [0.2, 0.25) is 0 Å². The lowest BCUT2D eigenvalue weighted by atomic mass is 10.0. The molecular formula is C17H20ClNO. The summed E-state index contributed by atoms with van der Waals surface area (Å²) in [5.41, 5.74) is 1.06. The van der Waals surface area contributed by atoms with E-state index in [1.807, 2.05) is 23.1 Å². The van der Waals surface area contributed by atoms with Crippen LogP contribution in [0.3, 0.4) is 0 Å². The Morgan fingerprint density at radius 2 is 1.85 bits per heavy atom. The molecule has 0 radical (unpaired) electrons. The van der Waals surface area contributed by atoms with E-state index in [0.29, 0.717) is 18.8 Å². The first-order valence-corrected chi connectivity index (χ1v) is 7.59.